The summed E-state index contributed by atoms with van der Waals surface area (Å²) in [6.45, 7) is 3.92. The van der Waals surface area contributed by atoms with Gasteiger partial charge in [0.15, 0.2) is 0 Å². The fourth-order valence-corrected chi connectivity index (χ4v) is 4.06. The number of benzene rings is 1. The SMILES string of the molecule is COC(=O)c1ccc(CNC(=O)CN2CCc3sccc3[C@@H]2C)cc1. The number of amides is 1. The van der Waals surface area contributed by atoms with E-state index in [0.717, 1.165) is 18.5 Å². The van der Waals surface area contributed by atoms with Crippen molar-refractivity contribution in [1.82, 2.24) is 10.2 Å². The Morgan fingerprint density at radius 3 is 2.76 bits per heavy atom. The van der Waals surface area contributed by atoms with Crippen LogP contribution in [0.3, 0.4) is 0 Å². The molecule has 0 fully saturated rings. The first kappa shape index (κ1) is 17.6. The second-order valence-corrected chi connectivity index (χ2v) is 7.16. The van der Waals surface area contributed by atoms with Crippen molar-refractivity contribution in [3.63, 3.8) is 0 Å². The van der Waals surface area contributed by atoms with Crippen LogP contribution in [0.15, 0.2) is 35.7 Å². The first-order chi connectivity index (χ1) is 12.1. The number of carbonyl (C=O) groups excluding carboxylic acids is 2. The highest BCUT2D eigenvalue weighted by Gasteiger charge is 2.25. The molecule has 2 heterocycles. The molecule has 1 amide bonds. The highest BCUT2D eigenvalue weighted by molar-refractivity contribution is 7.10. The van der Waals surface area contributed by atoms with Crippen molar-refractivity contribution in [2.45, 2.75) is 25.9 Å². The fraction of sp³-hybridized carbons (Fsp3) is 0.368. The van der Waals surface area contributed by atoms with Gasteiger partial charge in [-0.05, 0) is 48.1 Å². The van der Waals surface area contributed by atoms with Crippen molar-refractivity contribution >= 4 is 23.2 Å². The van der Waals surface area contributed by atoms with E-state index in [-0.39, 0.29) is 17.9 Å². The van der Waals surface area contributed by atoms with Gasteiger partial charge in [0.1, 0.15) is 0 Å². The lowest BCUT2D eigenvalue weighted by Crippen LogP contribution is -2.41. The van der Waals surface area contributed by atoms with E-state index in [0.29, 0.717) is 18.7 Å². The number of carbonyl (C=O) groups is 2. The number of hydrogen-bond donors (Lipinski definition) is 1. The zero-order chi connectivity index (χ0) is 17.8. The predicted octanol–water partition coefficient (Wildman–Crippen LogP) is 2.77. The number of hydrogen-bond acceptors (Lipinski definition) is 5. The van der Waals surface area contributed by atoms with Crippen LogP contribution >= 0.6 is 11.3 Å². The molecule has 25 heavy (non-hydrogen) atoms. The minimum absolute atomic E-state index is 0.0163. The number of ether oxygens (including phenoxy) is 1. The first-order valence-corrected chi connectivity index (χ1v) is 9.20. The largest absolute Gasteiger partial charge is 0.465 e. The van der Waals surface area contributed by atoms with E-state index in [1.54, 1.807) is 23.5 Å². The third-order valence-electron chi connectivity index (χ3n) is 4.62. The Kier molecular flexibility index (Phi) is 5.50. The Labute approximate surface area is 151 Å². The van der Waals surface area contributed by atoms with Crippen molar-refractivity contribution in [3.8, 4) is 0 Å². The average molecular weight is 358 g/mol. The molecule has 132 valence electrons. The van der Waals surface area contributed by atoms with Crippen LogP contribution in [0.1, 0.15) is 39.3 Å². The topological polar surface area (TPSA) is 58.6 Å². The second kappa shape index (κ2) is 7.80. The van der Waals surface area contributed by atoms with Crippen LogP contribution in [0.4, 0.5) is 0 Å². The Morgan fingerprint density at radius 2 is 2.04 bits per heavy atom. The summed E-state index contributed by atoms with van der Waals surface area (Å²) in [5, 5.41) is 5.08. The van der Waals surface area contributed by atoms with Gasteiger partial charge in [0.05, 0.1) is 19.2 Å². The Balaban J connectivity index is 1.51. The average Bonchev–Trinajstić information content (AvgIpc) is 3.11. The normalized spacial score (nSPS) is 17.0. The van der Waals surface area contributed by atoms with E-state index >= 15 is 0 Å². The maximum atomic E-state index is 12.3. The lowest BCUT2D eigenvalue weighted by atomic mass is 10.0. The van der Waals surface area contributed by atoms with Gasteiger partial charge >= 0.3 is 5.97 Å². The van der Waals surface area contributed by atoms with Gasteiger partial charge in [-0.25, -0.2) is 4.79 Å². The maximum absolute atomic E-state index is 12.3. The molecular formula is C19H22N2O3S. The van der Waals surface area contributed by atoms with E-state index in [1.807, 2.05) is 12.1 Å². The van der Waals surface area contributed by atoms with E-state index in [4.69, 9.17) is 0 Å². The van der Waals surface area contributed by atoms with Gasteiger partial charge in [-0.3, -0.25) is 9.69 Å². The molecule has 0 spiro atoms. The van der Waals surface area contributed by atoms with E-state index < -0.39 is 0 Å². The first-order valence-electron chi connectivity index (χ1n) is 8.32. The van der Waals surface area contributed by atoms with Gasteiger partial charge in [-0.1, -0.05) is 12.1 Å². The summed E-state index contributed by atoms with van der Waals surface area (Å²) in [6.07, 6.45) is 1.01. The number of fused-ring (bicyclic) bond motifs is 1. The van der Waals surface area contributed by atoms with Gasteiger partial charge < -0.3 is 10.1 Å². The predicted molar refractivity (Wildman–Crippen MR) is 97.6 cm³/mol. The number of nitrogens with one attached hydrogen (secondary N) is 1. The van der Waals surface area contributed by atoms with Crippen LogP contribution in [-0.2, 0) is 22.5 Å². The van der Waals surface area contributed by atoms with E-state index in [2.05, 4.69) is 33.3 Å². The number of esters is 1. The van der Waals surface area contributed by atoms with Crippen molar-refractivity contribution < 1.29 is 14.3 Å². The molecule has 1 aliphatic rings. The lowest BCUT2D eigenvalue weighted by Gasteiger charge is -2.32. The Morgan fingerprint density at radius 1 is 1.28 bits per heavy atom. The molecule has 0 radical (unpaired) electrons. The van der Waals surface area contributed by atoms with Crippen LogP contribution < -0.4 is 5.32 Å². The molecule has 6 heteroatoms. The molecular weight excluding hydrogens is 336 g/mol. The number of nitrogens with zero attached hydrogens (tertiary/aromatic N) is 1. The lowest BCUT2D eigenvalue weighted by molar-refractivity contribution is -0.123. The molecule has 1 aliphatic heterocycles. The summed E-state index contributed by atoms with van der Waals surface area (Å²) in [5.41, 5.74) is 2.81. The van der Waals surface area contributed by atoms with Gasteiger partial charge in [0, 0.05) is 24.0 Å². The van der Waals surface area contributed by atoms with Gasteiger partial charge in [0.2, 0.25) is 5.91 Å². The van der Waals surface area contributed by atoms with Crippen molar-refractivity contribution in [2.75, 3.05) is 20.2 Å². The second-order valence-electron chi connectivity index (χ2n) is 6.16. The summed E-state index contributed by atoms with van der Waals surface area (Å²) in [7, 11) is 1.36. The van der Waals surface area contributed by atoms with Crippen molar-refractivity contribution in [1.29, 1.82) is 0 Å². The minimum atomic E-state index is -0.359. The summed E-state index contributed by atoms with van der Waals surface area (Å²) >= 11 is 1.80. The summed E-state index contributed by atoms with van der Waals surface area (Å²) < 4.78 is 4.67. The molecule has 0 aliphatic carbocycles. The number of rotatable bonds is 5. The Bertz CT molecular complexity index is 754. The van der Waals surface area contributed by atoms with Gasteiger partial charge in [-0.2, -0.15) is 0 Å². The minimum Gasteiger partial charge on any atom is -0.465 e. The highest BCUT2D eigenvalue weighted by Crippen LogP contribution is 2.32. The molecule has 1 atom stereocenters. The van der Waals surface area contributed by atoms with Gasteiger partial charge in [-0.15, -0.1) is 11.3 Å². The molecule has 5 nitrogen and oxygen atoms in total. The zero-order valence-electron chi connectivity index (χ0n) is 14.5. The molecule has 0 bridgehead atoms. The van der Waals surface area contributed by atoms with Crippen LogP contribution in [0.2, 0.25) is 0 Å². The number of thiophene rings is 1. The number of methoxy groups -OCH3 is 1. The summed E-state index contributed by atoms with van der Waals surface area (Å²) in [5.74, 6) is -0.343. The van der Waals surface area contributed by atoms with Crippen LogP contribution in [0.5, 0.6) is 0 Å². The summed E-state index contributed by atoms with van der Waals surface area (Å²) in [4.78, 5) is 27.3. The van der Waals surface area contributed by atoms with Crippen LogP contribution in [0.25, 0.3) is 0 Å². The quantitative estimate of drug-likeness (QED) is 0.835. The van der Waals surface area contributed by atoms with Crippen molar-refractivity contribution in [2.24, 2.45) is 0 Å². The molecule has 1 N–H and O–H groups in total. The van der Waals surface area contributed by atoms with E-state index in [1.165, 1.54) is 17.6 Å². The zero-order valence-corrected chi connectivity index (χ0v) is 15.3. The van der Waals surface area contributed by atoms with Crippen LogP contribution in [0, 0.1) is 0 Å². The highest BCUT2D eigenvalue weighted by atomic mass is 32.1. The van der Waals surface area contributed by atoms with Crippen LogP contribution in [-0.4, -0.2) is 37.0 Å². The van der Waals surface area contributed by atoms with E-state index in [9.17, 15) is 9.59 Å². The Hall–Kier alpha value is -2.18. The fourth-order valence-electron chi connectivity index (χ4n) is 3.09. The molecule has 0 unspecified atom stereocenters. The maximum Gasteiger partial charge on any atom is 0.337 e. The molecule has 0 saturated carbocycles. The van der Waals surface area contributed by atoms with Crippen molar-refractivity contribution in [3.05, 3.63) is 57.3 Å². The molecule has 0 saturated heterocycles. The molecule has 2 aromatic rings. The summed E-state index contributed by atoms with van der Waals surface area (Å²) in [6, 6.07) is 9.51. The molecule has 1 aromatic carbocycles. The van der Waals surface area contributed by atoms with Gasteiger partial charge in [0.25, 0.3) is 0 Å². The third-order valence-corrected chi connectivity index (χ3v) is 5.61. The molecule has 1 aromatic heterocycles. The standard InChI is InChI=1S/C19H22N2O3S/c1-13-16-8-10-25-17(16)7-9-21(13)12-18(22)20-11-14-3-5-15(6-4-14)19(23)24-2/h3-6,8,10,13H,7,9,11-12H2,1-2H3,(H,20,22)/t13-/m0/s1. The molecule has 3 rings (SSSR count). The third kappa shape index (κ3) is 4.08. The smallest absolute Gasteiger partial charge is 0.337 e. The monoisotopic (exact) mass is 358 g/mol.